The maximum absolute atomic E-state index is 12.4. The largest absolute Gasteiger partial charge is 0.464 e. The Morgan fingerprint density at radius 1 is 1.14 bits per heavy atom. The molecule has 9 nitrogen and oxygen atoms in total. The van der Waals surface area contributed by atoms with E-state index in [1.165, 1.54) is 12.1 Å². The molecule has 1 atom stereocenters. The maximum atomic E-state index is 12.4. The lowest BCUT2D eigenvalue weighted by Crippen LogP contribution is -2.52. The second-order valence-corrected chi connectivity index (χ2v) is 8.71. The number of non-ortho nitro benzene ring substituents is 1. The van der Waals surface area contributed by atoms with Gasteiger partial charge < -0.3 is 19.1 Å². The van der Waals surface area contributed by atoms with Crippen LogP contribution in [-0.2, 0) is 20.7 Å². The van der Waals surface area contributed by atoms with E-state index in [4.69, 9.17) is 14.2 Å². The number of fused-ring (bicyclic) bond motifs is 2. The summed E-state index contributed by atoms with van der Waals surface area (Å²) in [5.41, 5.74) is 1.16. The van der Waals surface area contributed by atoms with Crippen molar-refractivity contribution in [3.8, 4) is 11.5 Å². The lowest BCUT2D eigenvalue weighted by Gasteiger charge is -2.40. The summed E-state index contributed by atoms with van der Waals surface area (Å²) in [6.45, 7) is 7.70. The van der Waals surface area contributed by atoms with Gasteiger partial charge in [-0.25, -0.2) is 0 Å². The summed E-state index contributed by atoms with van der Waals surface area (Å²) >= 11 is 0. The fourth-order valence-corrected chi connectivity index (χ4v) is 4.44. The van der Waals surface area contributed by atoms with Crippen molar-refractivity contribution >= 4 is 29.4 Å². The van der Waals surface area contributed by atoms with E-state index in [1.54, 1.807) is 18.2 Å². The van der Waals surface area contributed by atoms with Crippen LogP contribution in [0.5, 0.6) is 11.5 Å². The molecule has 0 N–H and O–H groups in total. The van der Waals surface area contributed by atoms with E-state index in [1.807, 2.05) is 35.2 Å². The van der Waals surface area contributed by atoms with Crippen molar-refractivity contribution < 1.29 is 28.7 Å². The topological polar surface area (TPSA) is 108 Å². The molecule has 37 heavy (non-hydrogen) atoms. The third kappa shape index (κ3) is 5.55. The molecule has 2 aliphatic heterocycles. The summed E-state index contributed by atoms with van der Waals surface area (Å²) in [7, 11) is 0. The molecule has 1 unspecified atom stereocenters. The first-order valence-electron chi connectivity index (χ1n) is 12.0. The molecule has 2 aliphatic rings. The first-order valence-corrected chi connectivity index (χ1v) is 12.0. The summed E-state index contributed by atoms with van der Waals surface area (Å²) in [6, 6.07) is 10.4. The zero-order valence-corrected chi connectivity index (χ0v) is 20.4. The Morgan fingerprint density at radius 3 is 2.59 bits per heavy atom. The molecule has 192 valence electrons. The van der Waals surface area contributed by atoms with Gasteiger partial charge in [0.2, 0.25) is 5.72 Å². The van der Waals surface area contributed by atoms with E-state index in [9.17, 15) is 19.7 Å². The van der Waals surface area contributed by atoms with Crippen molar-refractivity contribution in [2.24, 2.45) is 0 Å². The molecule has 0 saturated heterocycles. The number of hydrogen-bond acceptors (Lipinski definition) is 8. The number of allylic oxidation sites excluding steroid dienone is 2. The number of nitro groups is 1. The zero-order chi connectivity index (χ0) is 26.4. The first-order chi connectivity index (χ1) is 17.9. The molecule has 0 amide bonds. The average molecular weight is 505 g/mol. The molecule has 0 saturated carbocycles. The van der Waals surface area contributed by atoms with Gasteiger partial charge in [0.05, 0.1) is 17.5 Å². The molecular weight excluding hydrogens is 476 g/mol. The molecule has 9 heteroatoms. The molecule has 4 rings (SSSR count). The Labute approximate surface area is 214 Å². The Kier molecular flexibility index (Phi) is 7.71. The van der Waals surface area contributed by atoms with Crippen LogP contribution in [0.3, 0.4) is 0 Å². The van der Waals surface area contributed by atoms with Gasteiger partial charge in [-0.15, -0.1) is 13.2 Å². The van der Waals surface area contributed by atoms with Gasteiger partial charge in [-0.2, -0.15) is 0 Å². The highest BCUT2D eigenvalue weighted by Crippen LogP contribution is 2.48. The van der Waals surface area contributed by atoms with Crippen LogP contribution in [0.1, 0.15) is 36.8 Å². The number of nitro benzene ring substituents is 1. The molecule has 0 aliphatic carbocycles. The number of nitrogens with zero attached hydrogens (tertiary/aromatic N) is 2. The van der Waals surface area contributed by atoms with E-state index in [0.29, 0.717) is 31.4 Å². The molecular formula is C28H28N2O7. The number of hydrogen-bond donors (Lipinski definition) is 0. The van der Waals surface area contributed by atoms with Crippen LogP contribution in [0.25, 0.3) is 6.08 Å². The summed E-state index contributed by atoms with van der Waals surface area (Å²) in [6.07, 6.45) is 8.60. The minimum Gasteiger partial charge on any atom is -0.464 e. The molecule has 0 radical (unpaired) electrons. The van der Waals surface area contributed by atoms with Gasteiger partial charge in [-0.1, -0.05) is 30.4 Å². The molecule has 2 aromatic rings. The lowest BCUT2D eigenvalue weighted by molar-refractivity contribution is -0.385. The van der Waals surface area contributed by atoms with E-state index in [0.717, 1.165) is 11.3 Å². The number of benzene rings is 2. The van der Waals surface area contributed by atoms with Crippen molar-refractivity contribution in [1.82, 2.24) is 0 Å². The van der Waals surface area contributed by atoms with E-state index in [-0.39, 0.29) is 42.6 Å². The molecule has 0 bridgehead atoms. The van der Waals surface area contributed by atoms with E-state index < -0.39 is 16.6 Å². The summed E-state index contributed by atoms with van der Waals surface area (Å²) < 4.78 is 17.5. The van der Waals surface area contributed by atoms with Crippen molar-refractivity contribution in [2.75, 3.05) is 18.1 Å². The van der Waals surface area contributed by atoms with Gasteiger partial charge in [-0.3, -0.25) is 19.7 Å². The first kappa shape index (κ1) is 25.7. The van der Waals surface area contributed by atoms with Crippen molar-refractivity contribution in [2.45, 2.75) is 37.8 Å². The Bertz CT molecular complexity index is 1270. The smallest absolute Gasteiger partial charge is 0.311 e. The minimum atomic E-state index is -0.997. The van der Waals surface area contributed by atoms with E-state index in [2.05, 4.69) is 13.2 Å². The van der Waals surface area contributed by atoms with Gasteiger partial charge in [0.25, 0.3) is 5.69 Å². The number of rotatable bonds is 11. The van der Waals surface area contributed by atoms with Crippen LogP contribution in [0.2, 0.25) is 0 Å². The van der Waals surface area contributed by atoms with Crippen LogP contribution >= 0.6 is 0 Å². The van der Waals surface area contributed by atoms with Crippen LogP contribution in [0.15, 0.2) is 67.8 Å². The van der Waals surface area contributed by atoms with Gasteiger partial charge in [0, 0.05) is 36.6 Å². The fourth-order valence-electron chi connectivity index (χ4n) is 4.44. The predicted molar refractivity (Wildman–Crippen MR) is 138 cm³/mol. The third-order valence-corrected chi connectivity index (χ3v) is 6.17. The van der Waals surface area contributed by atoms with Gasteiger partial charge in [0.1, 0.15) is 6.61 Å². The van der Waals surface area contributed by atoms with E-state index >= 15 is 0 Å². The predicted octanol–water partition coefficient (Wildman–Crippen LogP) is 5.14. The number of carbonyl (C=O) groups excluding carboxylic acids is 2. The SMILES string of the molecule is C=CCCC(=O)OCCN1c2ccccc2CC12C=Cc1cc([N+](=O)[O-])cc(OC(=O)CCC=C)c1O2. The lowest BCUT2D eigenvalue weighted by atomic mass is 10.0. The molecule has 0 fully saturated rings. The number of ether oxygens (including phenoxy) is 3. The Balaban J connectivity index is 1.65. The third-order valence-electron chi connectivity index (χ3n) is 6.17. The summed E-state index contributed by atoms with van der Waals surface area (Å²) in [5.74, 6) is -0.643. The second kappa shape index (κ2) is 11.1. The van der Waals surface area contributed by atoms with Crippen LogP contribution in [-0.4, -0.2) is 35.7 Å². The number of para-hydroxylation sites is 1. The normalized spacial score (nSPS) is 16.9. The highest BCUT2D eigenvalue weighted by atomic mass is 16.6. The molecule has 1 spiro atoms. The zero-order valence-electron chi connectivity index (χ0n) is 20.4. The Hall–Kier alpha value is -4.40. The number of esters is 2. The molecule has 0 aromatic heterocycles. The van der Waals surface area contributed by atoms with Crippen molar-refractivity contribution in [3.05, 3.63) is 89.0 Å². The minimum absolute atomic E-state index is 0.0197. The summed E-state index contributed by atoms with van der Waals surface area (Å²) in [5, 5.41) is 11.5. The number of carbonyl (C=O) groups is 2. The fraction of sp³-hybridized carbons (Fsp3) is 0.286. The number of anilines is 1. The monoisotopic (exact) mass is 504 g/mol. The highest BCUT2D eigenvalue weighted by Gasteiger charge is 2.46. The van der Waals surface area contributed by atoms with Crippen molar-refractivity contribution in [1.29, 1.82) is 0 Å². The highest BCUT2D eigenvalue weighted by molar-refractivity contribution is 5.78. The van der Waals surface area contributed by atoms with Crippen LogP contribution in [0.4, 0.5) is 11.4 Å². The van der Waals surface area contributed by atoms with Gasteiger partial charge >= 0.3 is 11.9 Å². The van der Waals surface area contributed by atoms with Gasteiger partial charge in [-0.05, 0) is 36.6 Å². The van der Waals surface area contributed by atoms with Gasteiger partial charge in [0.15, 0.2) is 11.5 Å². The van der Waals surface area contributed by atoms with Crippen LogP contribution in [0, 0.1) is 10.1 Å². The standard InChI is InChI=1S/C28H28N2O7/c1-3-5-11-25(31)35-16-15-29-23-10-8-7-9-21(23)19-28(29)14-13-20-17-22(30(33)34)18-24(27(20)37-28)36-26(32)12-6-4-2/h3-4,7-10,13-14,17-18H,1-2,5-6,11-12,15-16,19H2. The quantitative estimate of drug-likeness (QED) is 0.136. The molecule has 2 aromatic carbocycles. The van der Waals surface area contributed by atoms with Crippen LogP contribution < -0.4 is 14.4 Å². The second-order valence-electron chi connectivity index (χ2n) is 8.71. The maximum Gasteiger partial charge on any atom is 0.311 e. The Morgan fingerprint density at radius 2 is 1.86 bits per heavy atom. The summed E-state index contributed by atoms with van der Waals surface area (Å²) in [4.78, 5) is 37.4. The average Bonchev–Trinajstić information content (AvgIpc) is 3.18. The molecule has 2 heterocycles. The van der Waals surface area contributed by atoms with Crippen molar-refractivity contribution in [3.63, 3.8) is 0 Å².